The second-order valence-electron chi connectivity index (χ2n) is 3.41. The zero-order valence-electron chi connectivity index (χ0n) is 8.79. The second-order valence-corrected chi connectivity index (χ2v) is 4.66. The molecule has 1 rings (SSSR count). The highest BCUT2D eigenvalue weighted by atomic mass is 127. The van der Waals surface area contributed by atoms with Crippen LogP contribution in [0.4, 0.5) is 5.69 Å². The summed E-state index contributed by atoms with van der Waals surface area (Å²) < 4.78 is 6.33. The Hall–Kier alpha value is -0.620. The van der Waals surface area contributed by atoms with Gasteiger partial charge in [-0.15, -0.1) is 0 Å². The quantitative estimate of drug-likeness (QED) is 0.867. The minimum Gasteiger partial charge on any atom is -0.369 e. The number of rotatable bonds is 4. The lowest BCUT2D eigenvalue weighted by Crippen LogP contribution is -2.20. The van der Waals surface area contributed by atoms with Crippen molar-refractivity contribution in [3.05, 3.63) is 27.8 Å². The number of halogens is 1. The fourth-order valence-corrected chi connectivity index (χ4v) is 1.33. The third-order valence-electron chi connectivity index (χ3n) is 1.68. The molecular weight excluding hydrogens is 305 g/mol. The maximum atomic E-state index is 11.4. The highest BCUT2D eigenvalue weighted by Crippen LogP contribution is 2.10. The SMILES string of the molecule is CC(C)OCC(=O)Nc1ccc(I)cc1. The normalized spacial score (nSPS) is 10.4. The highest BCUT2D eigenvalue weighted by molar-refractivity contribution is 14.1. The molecule has 0 atom stereocenters. The van der Waals surface area contributed by atoms with Gasteiger partial charge in [-0.3, -0.25) is 4.79 Å². The number of hydrogen-bond acceptors (Lipinski definition) is 2. The molecule has 0 aromatic heterocycles. The van der Waals surface area contributed by atoms with Gasteiger partial charge in [-0.25, -0.2) is 0 Å². The molecule has 0 radical (unpaired) electrons. The molecule has 0 bridgehead atoms. The van der Waals surface area contributed by atoms with Gasteiger partial charge in [-0.05, 0) is 60.7 Å². The largest absolute Gasteiger partial charge is 0.369 e. The zero-order valence-corrected chi connectivity index (χ0v) is 10.9. The summed E-state index contributed by atoms with van der Waals surface area (Å²) in [6.07, 6.45) is 0.0764. The number of nitrogens with one attached hydrogen (secondary N) is 1. The number of anilines is 1. The van der Waals surface area contributed by atoms with Crippen molar-refractivity contribution in [1.82, 2.24) is 0 Å². The number of ether oxygens (including phenoxy) is 1. The fourth-order valence-electron chi connectivity index (χ4n) is 0.973. The summed E-state index contributed by atoms with van der Waals surface area (Å²) in [5, 5.41) is 2.76. The van der Waals surface area contributed by atoms with Crippen LogP contribution in [0.5, 0.6) is 0 Å². The average molecular weight is 319 g/mol. The summed E-state index contributed by atoms with van der Waals surface area (Å²) in [4.78, 5) is 11.4. The first-order valence-electron chi connectivity index (χ1n) is 4.75. The number of amides is 1. The van der Waals surface area contributed by atoms with E-state index in [-0.39, 0.29) is 18.6 Å². The molecule has 0 aliphatic carbocycles. The van der Waals surface area contributed by atoms with Gasteiger partial charge in [-0.1, -0.05) is 0 Å². The maximum absolute atomic E-state index is 11.4. The molecule has 3 nitrogen and oxygen atoms in total. The van der Waals surface area contributed by atoms with Gasteiger partial charge in [0, 0.05) is 9.26 Å². The molecule has 0 saturated heterocycles. The van der Waals surface area contributed by atoms with E-state index in [0.717, 1.165) is 9.26 Å². The molecule has 1 aromatic carbocycles. The molecule has 1 N–H and O–H groups in total. The van der Waals surface area contributed by atoms with E-state index in [9.17, 15) is 4.79 Å². The molecule has 4 heteroatoms. The standard InChI is InChI=1S/C11H14INO2/c1-8(2)15-7-11(14)13-10-5-3-9(12)4-6-10/h3-6,8H,7H2,1-2H3,(H,13,14). The van der Waals surface area contributed by atoms with Crippen LogP contribution < -0.4 is 5.32 Å². The summed E-state index contributed by atoms with van der Waals surface area (Å²) in [7, 11) is 0. The molecule has 0 spiro atoms. The van der Waals surface area contributed by atoms with E-state index in [1.165, 1.54) is 0 Å². The van der Waals surface area contributed by atoms with E-state index < -0.39 is 0 Å². The zero-order chi connectivity index (χ0) is 11.3. The molecule has 0 aliphatic heterocycles. The first-order valence-corrected chi connectivity index (χ1v) is 5.83. The molecule has 1 amide bonds. The van der Waals surface area contributed by atoms with Gasteiger partial charge < -0.3 is 10.1 Å². The van der Waals surface area contributed by atoms with E-state index >= 15 is 0 Å². The van der Waals surface area contributed by atoms with Crippen LogP contribution in [-0.4, -0.2) is 18.6 Å². The Bertz CT molecular complexity index is 322. The summed E-state index contributed by atoms with van der Waals surface area (Å²) in [5.41, 5.74) is 0.799. The van der Waals surface area contributed by atoms with Crippen molar-refractivity contribution in [3.8, 4) is 0 Å². The second kappa shape index (κ2) is 6.07. The van der Waals surface area contributed by atoms with E-state index in [4.69, 9.17) is 4.74 Å². The van der Waals surface area contributed by atoms with Gasteiger partial charge in [0.2, 0.25) is 5.91 Å². The average Bonchev–Trinajstić information content (AvgIpc) is 2.19. The molecule has 82 valence electrons. The van der Waals surface area contributed by atoms with Crippen molar-refractivity contribution in [2.45, 2.75) is 20.0 Å². The number of hydrogen-bond donors (Lipinski definition) is 1. The van der Waals surface area contributed by atoms with E-state index in [2.05, 4.69) is 27.9 Å². The summed E-state index contributed by atoms with van der Waals surface area (Å²) in [6, 6.07) is 7.63. The van der Waals surface area contributed by atoms with Crippen molar-refractivity contribution in [2.24, 2.45) is 0 Å². The Morgan fingerprint density at radius 1 is 1.40 bits per heavy atom. The third-order valence-corrected chi connectivity index (χ3v) is 2.39. The Morgan fingerprint density at radius 2 is 2.00 bits per heavy atom. The Kier molecular flexibility index (Phi) is 5.04. The van der Waals surface area contributed by atoms with Gasteiger partial charge >= 0.3 is 0 Å². The van der Waals surface area contributed by atoms with Crippen LogP contribution in [-0.2, 0) is 9.53 Å². The molecule has 15 heavy (non-hydrogen) atoms. The molecule has 0 heterocycles. The lowest BCUT2D eigenvalue weighted by Gasteiger charge is -2.08. The summed E-state index contributed by atoms with van der Waals surface area (Å²) in [6.45, 7) is 3.90. The van der Waals surface area contributed by atoms with E-state index in [1.54, 1.807) is 0 Å². The minimum atomic E-state index is -0.120. The molecular formula is C11H14INO2. The monoisotopic (exact) mass is 319 g/mol. The van der Waals surface area contributed by atoms with Gasteiger partial charge in [0.25, 0.3) is 0 Å². The summed E-state index contributed by atoms with van der Waals surface area (Å²) >= 11 is 2.22. The van der Waals surface area contributed by atoms with Gasteiger partial charge in [0.1, 0.15) is 6.61 Å². The molecule has 0 saturated carbocycles. The predicted octanol–water partition coefficient (Wildman–Crippen LogP) is 2.65. The van der Waals surface area contributed by atoms with Crippen LogP contribution in [0.2, 0.25) is 0 Å². The molecule has 0 fully saturated rings. The van der Waals surface area contributed by atoms with Crippen LogP contribution in [0, 0.1) is 3.57 Å². The first kappa shape index (κ1) is 12.4. The van der Waals surface area contributed by atoms with Crippen molar-refractivity contribution in [3.63, 3.8) is 0 Å². The molecule has 1 aromatic rings. The van der Waals surface area contributed by atoms with Crippen molar-refractivity contribution < 1.29 is 9.53 Å². The number of benzene rings is 1. The van der Waals surface area contributed by atoms with Crippen molar-refractivity contribution >= 4 is 34.2 Å². The van der Waals surface area contributed by atoms with Crippen LogP contribution in [0.15, 0.2) is 24.3 Å². The van der Waals surface area contributed by atoms with Gasteiger partial charge in [0.05, 0.1) is 6.10 Å². The summed E-state index contributed by atoms with van der Waals surface area (Å²) in [5.74, 6) is -0.120. The van der Waals surface area contributed by atoms with Gasteiger partial charge in [0.15, 0.2) is 0 Å². The Balaban J connectivity index is 2.41. The van der Waals surface area contributed by atoms with E-state index in [1.807, 2.05) is 38.1 Å². The number of carbonyl (C=O) groups excluding carboxylic acids is 1. The minimum absolute atomic E-state index is 0.0764. The molecule has 0 aliphatic rings. The fraction of sp³-hybridized carbons (Fsp3) is 0.364. The van der Waals surface area contributed by atoms with Crippen molar-refractivity contribution in [2.75, 3.05) is 11.9 Å². The van der Waals surface area contributed by atoms with Crippen LogP contribution in [0.25, 0.3) is 0 Å². The predicted molar refractivity (Wildman–Crippen MR) is 68.9 cm³/mol. The number of carbonyl (C=O) groups is 1. The smallest absolute Gasteiger partial charge is 0.250 e. The van der Waals surface area contributed by atoms with Crippen molar-refractivity contribution in [1.29, 1.82) is 0 Å². The lowest BCUT2D eigenvalue weighted by atomic mass is 10.3. The third kappa shape index (κ3) is 5.13. The lowest BCUT2D eigenvalue weighted by molar-refractivity contribution is -0.121. The first-order chi connectivity index (χ1) is 7.08. The van der Waals surface area contributed by atoms with Crippen LogP contribution in [0.3, 0.4) is 0 Å². The van der Waals surface area contributed by atoms with Gasteiger partial charge in [-0.2, -0.15) is 0 Å². The maximum Gasteiger partial charge on any atom is 0.250 e. The highest BCUT2D eigenvalue weighted by Gasteiger charge is 2.03. The van der Waals surface area contributed by atoms with Crippen LogP contribution >= 0.6 is 22.6 Å². The van der Waals surface area contributed by atoms with E-state index in [0.29, 0.717) is 0 Å². The topological polar surface area (TPSA) is 38.3 Å². The Morgan fingerprint density at radius 3 is 2.53 bits per heavy atom. The molecule has 0 unspecified atom stereocenters. The Labute approximate surface area is 103 Å². The van der Waals surface area contributed by atoms with Crippen LogP contribution in [0.1, 0.15) is 13.8 Å².